The summed E-state index contributed by atoms with van der Waals surface area (Å²) in [5.41, 5.74) is 0.505. The van der Waals surface area contributed by atoms with Crippen molar-refractivity contribution >= 4 is 17.5 Å². The molecule has 1 N–H and O–H groups in total. The Morgan fingerprint density at radius 3 is 2.65 bits per heavy atom. The summed E-state index contributed by atoms with van der Waals surface area (Å²) in [5, 5.41) is 9.33. The maximum absolute atomic E-state index is 13.6. The molecule has 23 heavy (non-hydrogen) atoms. The summed E-state index contributed by atoms with van der Waals surface area (Å²) >= 11 is 0. The highest BCUT2D eigenvalue weighted by molar-refractivity contribution is 6.20. The van der Waals surface area contributed by atoms with Gasteiger partial charge in [-0.3, -0.25) is 4.99 Å². The SMILES string of the molecule is O=C(O)c1cc(C2=CCN=C2F)ccc1Oc1cccc(F)c1. The minimum absolute atomic E-state index is 0.0443. The zero-order chi connectivity index (χ0) is 16.4. The minimum atomic E-state index is -1.23. The topological polar surface area (TPSA) is 58.9 Å². The van der Waals surface area contributed by atoms with Crippen LogP contribution < -0.4 is 4.74 Å². The summed E-state index contributed by atoms with van der Waals surface area (Å²) in [4.78, 5) is 15.0. The van der Waals surface area contributed by atoms with Gasteiger partial charge in [0.2, 0.25) is 5.97 Å². The molecule has 0 saturated heterocycles. The number of ether oxygens (including phenoxy) is 1. The number of nitrogens with zero attached hydrogens (tertiary/aromatic N) is 1. The Morgan fingerprint density at radius 2 is 2.00 bits per heavy atom. The fourth-order valence-electron chi connectivity index (χ4n) is 2.23. The molecule has 0 radical (unpaired) electrons. The maximum Gasteiger partial charge on any atom is 0.339 e. The number of halogens is 2. The quantitative estimate of drug-likeness (QED) is 0.925. The predicted molar refractivity (Wildman–Crippen MR) is 81.3 cm³/mol. The number of carboxylic acids is 1. The molecule has 0 unspecified atom stereocenters. The molecule has 2 aromatic rings. The first kappa shape index (κ1) is 14.9. The van der Waals surface area contributed by atoms with E-state index in [1.54, 1.807) is 6.08 Å². The van der Waals surface area contributed by atoms with Crippen LogP contribution in [0.25, 0.3) is 5.57 Å². The van der Waals surface area contributed by atoms with E-state index in [1.807, 2.05) is 0 Å². The van der Waals surface area contributed by atoms with E-state index in [4.69, 9.17) is 4.74 Å². The molecule has 0 aromatic heterocycles. The number of allylic oxidation sites excluding steroid dienone is 1. The van der Waals surface area contributed by atoms with Gasteiger partial charge in [0.25, 0.3) is 0 Å². The summed E-state index contributed by atoms with van der Waals surface area (Å²) in [6, 6.07) is 9.61. The van der Waals surface area contributed by atoms with Crippen molar-refractivity contribution in [1.82, 2.24) is 0 Å². The highest BCUT2D eigenvalue weighted by Gasteiger charge is 2.18. The van der Waals surface area contributed by atoms with Crippen molar-refractivity contribution in [3.05, 3.63) is 65.5 Å². The third kappa shape index (κ3) is 3.11. The molecular weight excluding hydrogens is 304 g/mol. The lowest BCUT2D eigenvalue weighted by molar-refractivity contribution is 0.0694. The predicted octanol–water partition coefficient (Wildman–Crippen LogP) is 4.08. The second kappa shape index (κ2) is 6.00. The number of hydrogen-bond acceptors (Lipinski definition) is 3. The molecule has 0 fully saturated rings. The van der Waals surface area contributed by atoms with Gasteiger partial charge in [-0.15, -0.1) is 0 Å². The van der Waals surface area contributed by atoms with Gasteiger partial charge in [0.15, 0.2) is 0 Å². The van der Waals surface area contributed by atoms with Crippen molar-refractivity contribution in [3.8, 4) is 11.5 Å². The average Bonchev–Trinajstić information content (AvgIpc) is 2.93. The lowest BCUT2D eigenvalue weighted by atomic mass is 10.0. The maximum atomic E-state index is 13.6. The third-order valence-electron chi connectivity index (χ3n) is 3.29. The summed E-state index contributed by atoms with van der Waals surface area (Å²) in [6.45, 7) is 0.227. The van der Waals surface area contributed by atoms with E-state index in [-0.39, 0.29) is 29.2 Å². The van der Waals surface area contributed by atoms with Crippen molar-refractivity contribution < 1.29 is 23.4 Å². The number of carboxylic acid groups (broad SMARTS) is 1. The van der Waals surface area contributed by atoms with Gasteiger partial charge in [-0.05, 0) is 29.8 Å². The van der Waals surface area contributed by atoms with Gasteiger partial charge in [-0.25, -0.2) is 9.18 Å². The molecule has 3 rings (SSSR count). The number of carbonyl (C=O) groups is 1. The molecule has 1 aliphatic heterocycles. The Bertz CT molecular complexity index is 843. The largest absolute Gasteiger partial charge is 0.478 e. The molecule has 2 aromatic carbocycles. The van der Waals surface area contributed by atoms with Crippen LogP contribution in [0.15, 0.2) is 53.5 Å². The number of benzene rings is 2. The van der Waals surface area contributed by atoms with E-state index in [2.05, 4.69) is 4.99 Å². The van der Waals surface area contributed by atoms with Gasteiger partial charge in [0.05, 0.1) is 6.54 Å². The van der Waals surface area contributed by atoms with Crippen molar-refractivity contribution in [2.24, 2.45) is 4.99 Å². The van der Waals surface area contributed by atoms with E-state index in [9.17, 15) is 18.7 Å². The summed E-state index contributed by atoms with van der Waals surface area (Å²) in [6.07, 6.45) is 1.57. The van der Waals surface area contributed by atoms with Crippen molar-refractivity contribution in [3.63, 3.8) is 0 Å². The van der Waals surface area contributed by atoms with E-state index in [1.165, 1.54) is 36.4 Å². The number of rotatable bonds is 4. The van der Waals surface area contributed by atoms with Crippen LogP contribution in [-0.2, 0) is 0 Å². The Kier molecular flexibility index (Phi) is 3.89. The molecule has 0 amide bonds. The first-order chi connectivity index (χ1) is 11.0. The highest BCUT2D eigenvalue weighted by Crippen LogP contribution is 2.30. The van der Waals surface area contributed by atoms with Crippen molar-refractivity contribution in [1.29, 1.82) is 0 Å². The molecule has 1 aliphatic rings. The average molecular weight is 315 g/mol. The van der Waals surface area contributed by atoms with Gasteiger partial charge in [-0.2, -0.15) is 4.39 Å². The number of aromatic carboxylic acids is 1. The van der Waals surface area contributed by atoms with E-state index in [0.717, 1.165) is 6.07 Å². The van der Waals surface area contributed by atoms with Crippen LogP contribution >= 0.6 is 0 Å². The van der Waals surface area contributed by atoms with Crippen molar-refractivity contribution in [2.75, 3.05) is 6.54 Å². The Hall–Kier alpha value is -3.02. The van der Waals surface area contributed by atoms with Gasteiger partial charge in [0, 0.05) is 11.6 Å². The lowest BCUT2D eigenvalue weighted by Gasteiger charge is -2.11. The van der Waals surface area contributed by atoms with Gasteiger partial charge >= 0.3 is 5.97 Å². The van der Waals surface area contributed by atoms with Crippen LogP contribution in [0.3, 0.4) is 0 Å². The van der Waals surface area contributed by atoms with Crippen LogP contribution in [0.1, 0.15) is 15.9 Å². The van der Waals surface area contributed by atoms with Gasteiger partial charge < -0.3 is 9.84 Å². The molecule has 6 heteroatoms. The third-order valence-corrected chi connectivity index (χ3v) is 3.29. The second-order valence-electron chi connectivity index (χ2n) is 4.82. The lowest BCUT2D eigenvalue weighted by Crippen LogP contribution is -2.02. The monoisotopic (exact) mass is 315 g/mol. The summed E-state index contributed by atoms with van der Waals surface area (Å²) < 4.78 is 32.2. The highest BCUT2D eigenvalue weighted by atomic mass is 19.1. The fourth-order valence-corrected chi connectivity index (χ4v) is 2.23. The molecule has 4 nitrogen and oxygen atoms in total. The molecule has 0 aliphatic carbocycles. The van der Waals surface area contributed by atoms with Gasteiger partial charge in [-0.1, -0.05) is 18.2 Å². The van der Waals surface area contributed by atoms with E-state index < -0.39 is 17.8 Å². The number of aliphatic imine (C=N–C) groups is 1. The van der Waals surface area contributed by atoms with Crippen molar-refractivity contribution in [2.45, 2.75) is 0 Å². The molecular formula is C17H11F2NO3. The molecule has 0 atom stereocenters. The Labute approximate surface area is 130 Å². The van der Waals surface area contributed by atoms with Crippen LogP contribution in [0, 0.1) is 5.82 Å². The van der Waals surface area contributed by atoms with E-state index >= 15 is 0 Å². The van der Waals surface area contributed by atoms with E-state index in [0.29, 0.717) is 5.56 Å². The molecule has 1 heterocycles. The second-order valence-corrected chi connectivity index (χ2v) is 4.82. The standard InChI is InChI=1S/C17H11F2NO3/c18-11-2-1-3-12(9-11)23-15-5-4-10(8-14(15)17(21)22)13-6-7-20-16(13)19/h1-6,8-9H,7H2,(H,21,22). The normalized spacial score (nSPS) is 13.5. The summed E-state index contributed by atoms with van der Waals surface area (Å²) in [5.74, 6) is -2.13. The van der Waals surface area contributed by atoms with Gasteiger partial charge in [0.1, 0.15) is 22.9 Å². The Balaban J connectivity index is 1.98. The molecule has 0 saturated carbocycles. The zero-order valence-electron chi connectivity index (χ0n) is 11.8. The molecule has 116 valence electrons. The smallest absolute Gasteiger partial charge is 0.339 e. The molecule has 0 spiro atoms. The van der Waals surface area contributed by atoms with Crippen LogP contribution in [-0.4, -0.2) is 23.6 Å². The van der Waals surface area contributed by atoms with Crippen LogP contribution in [0.2, 0.25) is 0 Å². The minimum Gasteiger partial charge on any atom is -0.478 e. The zero-order valence-corrected chi connectivity index (χ0v) is 11.8. The van der Waals surface area contributed by atoms with Crippen LogP contribution in [0.5, 0.6) is 11.5 Å². The Morgan fingerprint density at radius 1 is 1.17 bits per heavy atom. The summed E-state index contributed by atoms with van der Waals surface area (Å²) in [7, 11) is 0. The molecule has 0 bridgehead atoms. The number of hydrogen-bond donors (Lipinski definition) is 1. The van der Waals surface area contributed by atoms with Crippen LogP contribution in [0.4, 0.5) is 8.78 Å². The first-order valence-electron chi connectivity index (χ1n) is 6.76. The fraction of sp³-hybridized carbons (Fsp3) is 0.0588. The first-order valence-corrected chi connectivity index (χ1v) is 6.76.